The van der Waals surface area contributed by atoms with Gasteiger partial charge in [0.05, 0.1) is 0 Å². The zero-order chi connectivity index (χ0) is 12.8. The Morgan fingerprint density at radius 3 is 2.28 bits per heavy atom. The van der Waals surface area contributed by atoms with Gasteiger partial charge in [-0.05, 0) is 36.4 Å². The molecular weight excluding hydrogens is 230 g/mol. The smallest absolute Gasteiger partial charge is 0.283 e. The highest BCUT2D eigenvalue weighted by Gasteiger charge is 2.04. The minimum absolute atomic E-state index is 0.324. The van der Waals surface area contributed by atoms with Gasteiger partial charge in [0.2, 0.25) is 0 Å². The van der Waals surface area contributed by atoms with E-state index < -0.39 is 0 Å². The number of hydrogen-bond donors (Lipinski definition) is 1. The van der Waals surface area contributed by atoms with Gasteiger partial charge in [-0.1, -0.05) is 18.2 Å². The molecule has 4 heteroatoms. The molecule has 0 bridgehead atoms. The largest absolute Gasteiger partial charge is 0.379 e. The van der Waals surface area contributed by atoms with Crippen LogP contribution in [0.2, 0.25) is 0 Å². The summed E-state index contributed by atoms with van der Waals surface area (Å²) < 4.78 is 0. The zero-order valence-corrected chi connectivity index (χ0v) is 9.50. The predicted molar refractivity (Wildman–Crippen MR) is 66.4 cm³/mol. The van der Waals surface area contributed by atoms with E-state index in [1.54, 1.807) is 48.5 Å². The van der Waals surface area contributed by atoms with Crippen molar-refractivity contribution in [3.8, 4) is 5.75 Å². The molecule has 0 aliphatic heterocycles. The Morgan fingerprint density at radius 1 is 1.00 bits per heavy atom. The van der Waals surface area contributed by atoms with Crippen LogP contribution in [0.4, 0.5) is 0 Å². The van der Waals surface area contributed by atoms with Crippen molar-refractivity contribution < 1.29 is 14.4 Å². The molecule has 0 aromatic heterocycles. The highest BCUT2D eigenvalue weighted by Crippen LogP contribution is 2.10. The molecule has 1 amide bonds. The maximum absolute atomic E-state index is 11.6. The lowest BCUT2D eigenvalue weighted by Crippen LogP contribution is -2.26. The molecule has 0 spiro atoms. The number of amides is 1. The summed E-state index contributed by atoms with van der Waals surface area (Å²) in [6.07, 6.45) is 0.742. The van der Waals surface area contributed by atoms with Crippen LogP contribution in [0.15, 0.2) is 54.6 Å². The van der Waals surface area contributed by atoms with Crippen LogP contribution in [-0.4, -0.2) is 12.2 Å². The summed E-state index contributed by atoms with van der Waals surface area (Å²) in [5.74, 6) is 0.139. The zero-order valence-electron chi connectivity index (χ0n) is 9.50. The standard InChI is InChI=1S/C14H11NO3/c16-10-11-6-8-13(9-7-11)18-15-14(17)12-4-2-1-3-5-12/h1-10H,(H,15,17). The molecule has 0 heterocycles. The molecule has 0 radical (unpaired) electrons. The molecule has 90 valence electrons. The second-order valence-corrected chi connectivity index (χ2v) is 3.59. The molecule has 0 fully saturated rings. The van der Waals surface area contributed by atoms with Crippen LogP contribution in [0, 0.1) is 0 Å². The van der Waals surface area contributed by atoms with Crippen molar-refractivity contribution in [2.24, 2.45) is 0 Å². The molecule has 0 aliphatic carbocycles. The Kier molecular flexibility index (Phi) is 3.71. The van der Waals surface area contributed by atoms with E-state index in [9.17, 15) is 9.59 Å². The van der Waals surface area contributed by atoms with Gasteiger partial charge in [0.15, 0.2) is 5.75 Å². The molecule has 2 aromatic carbocycles. The molecule has 0 unspecified atom stereocenters. The van der Waals surface area contributed by atoms with E-state index in [4.69, 9.17) is 4.84 Å². The van der Waals surface area contributed by atoms with Crippen molar-refractivity contribution in [3.05, 3.63) is 65.7 Å². The van der Waals surface area contributed by atoms with Crippen molar-refractivity contribution in [2.75, 3.05) is 0 Å². The minimum Gasteiger partial charge on any atom is -0.379 e. The van der Waals surface area contributed by atoms with Crippen molar-refractivity contribution in [1.82, 2.24) is 5.48 Å². The van der Waals surface area contributed by atoms with Gasteiger partial charge in [-0.25, -0.2) is 0 Å². The predicted octanol–water partition coefficient (Wildman–Crippen LogP) is 2.22. The van der Waals surface area contributed by atoms with Gasteiger partial charge >= 0.3 is 0 Å². The molecule has 4 nitrogen and oxygen atoms in total. The monoisotopic (exact) mass is 241 g/mol. The average molecular weight is 241 g/mol. The van der Waals surface area contributed by atoms with Gasteiger partial charge in [0, 0.05) is 11.1 Å². The third-order valence-electron chi connectivity index (χ3n) is 2.31. The van der Waals surface area contributed by atoms with Gasteiger partial charge in [-0.15, -0.1) is 0 Å². The van der Waals surface area contributed by atoms with E-state index in [1.807, 2.05) is 6.07 Å². The number of aldehydes is 1. The number of benzene rings is 2. The number of nitrogens with one attached hydrogen (secondary N) is 1. The first-order valence-electron chi connectivity index (χ1n) is 5.37. The first-order chi connectivity index (χ1) is 8.79. The lowest BCUT2D eigenvalue weighted by atomic mass is 10.2. The summed E-state index contributed by atoms with van der Waals surface area (Å²) in [4.78, 5) is 27.2. The molecule has 0 saturated heterocycles. The van der Waals surface area contributed by atoms with E-state index in [2.05, 4.69) is 5.48 Å². The minimum atomic E-state index is -0.324. The van der Waals surface area contributed by atoms with Gasteiger partial charge in [-0.2, -0.15) is 5.48 Å². The molecule has 2 rings (SSSR count). The number of rotatable bonds is 4. The highest BCUT2D eigenvalue weighted by atomic mass is 16.7. The Morgan fingerprint density at radius 2 is 1.67 bits per heavy atom. The number of hydrogen-bond acceptors (Lipinski definition) is 3. The van der Waals surface area contributed by atoms with Crippen molar-refractivity contribution >= 4 is 12.2 Å². The second-order valence-electron chi connectivity index (χ2n) is 3.59. The van der Waals surface area contributed by atoms with Gasteiger partial charge in [0.1, 0.15) is 6.29 Å². The van der Waals surface area contributed by atoms with Crippen LogP contribution in [-0.2, 0) is 0 Å². The first-order valence-corrected chi connectivity index (χ1v) is 5.37. The summed E-state index contributed by atoms with van der Waals surface area (Å²) in [6.45, 7) is 0. The summed E-state index contributed by atoms with van der Waals surface area (Å²) in [5, 5.41) is 0. The molecular formula is C14H11NO3. The third-order valence-corrected chi connectivity index (χ3v) is 2.31. The normalized spacial score (nSPS) is 9.56. The maximum atomic E-state index is 11.6. The number of carbonyl (C=O) groups excluding carboxylic acids is 2. The van der Waals surface area contributed by atoms with Crippen LogP contribution in [0.3, 0.4) is 0 Å². The van der Waals surface area contributed by atoms with Crippen molar-refractivity contribution in [1.29, 1.82) is 0 Å². The molecule has 1 N–H and O–H groups in total. The SMILES string of the molecule is O=Cc1ccc(ONC(=O)c2ccccc2)cc1. The summed E-state index contributed by atoms with van der Waals surface area (Å²) in [5.41, 5.74) is 3.39. The maximum Gasteiger partial charge on any atom is 0.283 e. The average Bonchev–Trinajstić information content (AvgIpc) is 2.46. The van der Waals surface area contributed by atoms with Crippen LogP contribution < -0.4 is 10.3 Å². The summed E-state index contributed by atoms with van der Waals surface area (Å²) in [7, 11) is 0. The summed E-state index contributed by atoms with van der Waals surface area (Å²) in [6, 6.07) is 15.2. The quantitative estimate of drug-likeness (QED) is 0.659. The van der Waals surface area contributed by atoms with E-state index in [0.29, 0.717) is 16.9 Å². The summed E-state index contributed by atoms with van der Waals surface area (Å²) >= 11 is 0. The van der Waals surface area contributed by atoms with Crippen LogP contribution >= 0.6 is 0 Å². The Bertz CT molecular complexity index is 535. The number of hydroxylamine groups is 1. The van der Waals surface area contributed by atoms with E-state index in [1.165, 1.54) is 0 Å². The Labute approximate surface area is 104 Å². The van der Waals surface area contributed by atoms with Crippen LogP contribution in [0.5, 0.6) is 5.75 Å². The van der Waals surface area contributed by atoms with Gasteiger partial charge in [-0.3, -0.25) is 9.59 Å². The fraction of sp³-hybridized carbons (Fsp3) is 0. The van der Waals surface area contributed by atoms with Gasteiger partial charge in [0.25, 0.3) is 5.91 Å². The highest BCUT2D eigenvalue weighted by molar-refractivity contribution is 5.93. The van der Waals surface area contributed by atoms with Crippen LogP contribution in [0.25, 0.3) is 0 Å². The van der Waals surface area contributed by atoms with Crippen LogP contribution in [0.1, 0.15) is 20.7 Å². The second kappa shape index (κ2) is 5.63. The molecule has 0 aliphatic rings. The van der Waals surface area contributed by atoms with Crippen molar-refractivity contribution in [3.63, 3.8) is 0 Å². The lowest BCUT2D eigenvalue weighted by molar-refractivity contribution is 0.0759. The van der Waals surface area contributed by atoms with E-state index in [0.717, 1.165) is 6.29 Å². The van der Waals surface area contributed by atoms with E-state index >= 15 is 0 Å². The van der Waals surface area contributed by atoms with Gasteiger partial charge < -0.3 is 4.84 Å². The fourth-order valence-corrected chi connectivity index (χ4v) is 1.37. The molecule has 0 atom stereocenters. The third kappa shape index (κ3) is 2.95. The number of carbonyl (C=O) groups is 2. The topological polar surface area (TPSA) is 55.4 Å². The first kappa shape index (κ1) is 11.9. The van der Waals surface area contributed by atoms with Crippen molar-refractivity contribution in [2.45, 2.75) is 0 Å². The van der Waals surface area contributed by atoms with E-state index in [-0.39, 0.29) is 5.91 Å². The Balaban J connectivity index is 1.95. The molecule has 18 heavy (non-hydrogen) atoms. The molecule has 0 saturated carbocycles. The molecule has 2 aromatic rings. The lowest BCUT2D eigenvalue weighted by Gasteiger charge is -2.06. The fourth-order valence-electron chi connectivity index (χ4n) is 1.37. The Hall–Kier alpha value is -2.62.